The van der Waals surface area contributed by atoms with Gasteiger partial charge in [-0.25, -0.2) is 0 Å². The summed E-state index contributed by atoms with van der Waals surface area (Å²) < 4.78 is 2.80. The number of hydrogen-bond acceptors (Lipinski definition) is 2. The Kier molecular flexibility index (Phi) is 2.74. The molecule has 72 valence electrons. The number of rotatable bonds is 3. The second kappa shape index (κ2) is 4.19. The summed E-state index contributed by atoms with van der Waals surface area (Å²) in [5.41, 5.74) is 1.28. The van der Waals surface area contributed by atoms with Crippen molar-refractivity contribution < 1.29 is 0 Å². The summed E-state index contributed by atoms with van der Waals surface area (Å²) in [6.07, 6.45) is 8.42. The molecule has 0 amide bonds. The van der Waals surface area contributed by atoms with Crippen LogP contribution in [0, 0.1) is 4.77 Å². The molecule has 0 radical (unpaired) electrons. The first-order valence-corrected chi connectivity index (χ1v) is 4.90. The average Bonchev–Trinajstić information content (AvgIpc) is 2.63. The molecule has 0 aliphatic carbocycles. The number of nitrogens with zero attached hydrogens (tertiary/aromatic N) is 2. The van der Waals surface area contributed by atoms with Crippen molar-refractivity contribution in [3.8, 4) is 0 Å². The van der Waals surface area contributed by atoms with Gasteiger partial charge in [0.1, 0.15) is 0 Å². The molecule has 2 rings (SSSR count). The fourth-order valence-electron chi connectivity index (χ4n) is 1.32. The Labute approximate surface area is 87.4 Å². The third-order valence-electron chi connectivity index (χ3n) is 2.11. The molecule has 0 aliphatic rings. The van der Waals surface area contributed by atoms with Crippen molar-refractivity contribution in [2.75, 3.05) is 0 Å². The van der Waals surface area contributed by atoms with E-state index in [1.165, 1.54) is 5.56 Å². The highest BCUT2D eigenvalue weighted by Crippen LogP contribution is 2.00. The van der Waals surface area contributed by atoms with Gasteiger partial charge in [-0.2, -0.15) is 0 Å². The van der Waals surface area contributed by atoms with Crippen LogP contribution in [0.25, 0.3) is 0 Å². The van der Waals surface area contributed by atoms with E-state index in [1.807, 2.05) is 41.5 Å². The number of nitrogens with one attached hydrogen (secondary N) is 1. The van der Waals surface area contributed by atoms with Gasteiger partial charge in [-0.15, -0.1) is 0 Å². The number of pyridine rings is 1. The first kappa shape index (κ1) is 9.15. The van der Waals surface area contributed by atoms with Crippen molar-refractivity contribution in [3.05, 3.63) is 47.3 Å². The molecular formula is C10H11N3S. The molecule has 0 spiro atoms. The minimum absolute atomic E-state index is 0.777. The fraction of sp³-hybridized carbons (Fsp3) is 0.200. The molecule has 0 saturated carbocycles. The van der Waals surface area contributed by atoms with Gasteiger partial charge in [0.05, 0.1) is 0 Å². The van der Waals surface area contributed by atoms with Crippen molar-refractivity contribution in [2.24, 2.45) is 0 Å². The van der Waals surface area contributed by atoms with Gasteiger partial charge in [0.25, 0.3) is 0 Å². The lowest BCUT2D eigenvalue weighted by molar-refractivity contribution is 0.686. The second-order valence-electron chi connectivity index (χ2n) is 3.06. The highest BCUT2D eigenvalue weighted by atomic mass is 32.1. The molecule has 0 bridgehead atoms. The largest absolute Gasteiger partial charge is 0.337 e. The Balaban J connectivity index is 2.02. The van der Waals surface area contributed by atoms with Crippen LogP contribution in [0.1, 0.15) is 5.56 Å². The molecule has 1 N–H and O–H groups in total. The van der Waals surface area contributed by atoms with Gasteiger partial charge < -0.3 is 9.55 Å². The standard InChI is InChI=1S/C10H11N3S/c14-10-12-6-8-13(10)7-3-9-1-4-11-5-2-9/h1-2,4-6,8H,3,7H2,(H,12,14). The van der Waals surface area contributed by atoms with E-state index in [-0.39, 0.29) is 0 Å². The molecule has 2 heterocycles. The zero-order chi connectivity index (χ0) is 9.80. The zero-order valence-corrected chi connectivity index (χ0v) is 8.50. The average molecular weight is 205 g/mol. The quantitative estimate of drug-likeness (QED) is 0.779. The predicted octanol–water partition coefficient (Wildman–Crippen LogP) is 2.18. The molecular weight excluding hydrogens is 194 g/mol. The van der Waals surface area contributed by atoms with Crippen molar-refractivity contribution in [2.45, 2.75) is 13.0 Å². The first-order chi connectivity index (χ1) is 6.86. The van der Waals surface area contributed by atoms with E-state index in [2.05, 4.69) is 9.97 Å². The molecule has 0 saturated heterocycles. The summed E-state index contributed by atoms with van der Waals surface area (Å²) in [7, 11) is 0. The number of aromatic nitrogens is 3. The second-order valence-corrected chi connectivity index (χ2v) is 3.45. The van der Waals surface area contributed by atoms with Crippen LogP contribution in [0.4, 0.5) is 0 Å². The Morgan fingerprint density at radius 2 is 2.14 bits per heavy atom. The molecule has 0 unspecified atom stereocenters. The minimum Gasteiger partial charge on any atom is -0.337 e. The maximum Gasteiger partial charge on any atom is 0.177 e. The Morgan fingerprint density at radius 1 is 1.36 bits per heavy atom. The van der Waals surface area contributed by atoms with Crippen LogP contribution in [0.5, 0.6) is 0 Å². The minimum atomic E-state index is 0.777. The summed E-state index contributed by atoms with van der Waals surface area (Å²) in [6.45, 7) is 0.909. The van der Waals surface area contributed by atoms with Gasteiger partial charge in [-0.1, -0.05) is 0 Å². The van der Waals surface area contributed by atoms with Crippen LogP contribution in [0.2, 0.25) is 0 Å². The highest BCUT2D eigenvalue weighted by molar-refractivity contribution is 7.71. The Morgan fingerprint density at radius 3 is 2.79 bits per heavy atom. The zero-order valence-electron chi connectivity index (χ0n) is 7.68. The van der Waals surface area contributed by atoms with E-state index in [9.17, 15) is 0 Å². The van der Waals surface area contributed by atoms with Crippen LogP contribution < -0.4 is 0 Å². The van der Waals surface area contributed by atoms with Gasteiger partial charge in [-0.3, -0.25) is 4.98 Å². The smallest absolute Gasteiger partial charge is 0.177 e. The summed E-state index contributed by atoms with van der Waals surface area (Å²) in [6, 6.07) is 4.05. The van der Waals surface area contributed by atoms with Crippen LogP contribution >= 0.6 is 12.2 Å². The van der Waals surface area contributed by atoms with Crippen LogP contribution in [-0.4, -0.2) is 14.5 Å². The number of aromatic amines is 1. The topological polar surface area (TPSA) is 33.6 Å². The maximum atomic E-state index is 5.10. The summed E-state index contributed by atoms with van der Waals surface area (Å²) >= 11 is 5.10. The molecule has 4 heteroatoms. The highest BCUT2D eigenvalue weighted by Gasteiger charge is 1.94. The van der Waals surface area contributed by atoms with Crippen molar-refractivity contribution in [1.82, 2.24) is 14.5 Å². The molecule has 0 aliphatic heterocycles. The number of aryl methyl sites for hydroxylation is 2. The summed E-state index contributed by atoms with van der Waals surface area (Å²) in [5.74, 6) is 0. The molecule has 14 heavy (non-hydrogen) atoms. The van der Waals surface area contributed by atoms with E-state index in [0.717, 1.165) is 17.7 Å². The van der Waals surface area contributed by atoms with E-state index in [0.29, 0.717) is 0 Å². The van der Waals surface area contributed by atoms with E-state index in [4.69, 9.17) is 12.2 Å². The van der Waals surface area contributed by atoms with Crippen molar-refractivity contribution >= 4 is 12.2 Å². The monoisotopic (exact) mass is 205 g/mol. The van der Waals surface area contributed by atoms with E-state index < -0.39 is 0 Å². The Hall–Kier alpha value is -1.42. The third kappa shape index (κ3) is 2.09. The molecule has 2 aromatic rings. The molecule has 2 aromatic heterocycles. The summed E-state index contributed by atoms with van der Waals surface area (Å²) in [4.78, 5) is 6.94. The lowest BCUT2D eigenvalue weighted by Crippen LogP contribution is -1.99. The number of H-pyrrole nitrogens is 1. The Bertz CT molecular complexity index is 444. The van der Waals surface area contributed by atoms with Gasteiger partial charge in [0, 0.05) is 31.3 Å². The fourth-order valence-corrected chi connectivity index (χ4v) is 1.54. The SMILES string of the molecule is S=c1[nH]ccn1CCc1ccncc1. The van der Waals surface area contributed by atoms with Gasteiger partial charge in [-0.05, 0) is 36.3 Å². The van der Waals surface area contributed by atoms with Gasteiger partial charge in [0.15, 0.2) is 4.77 Å². The van der Waals surface area contributed by atoms with Gasteiger partial charge >= 0.3 is 0 Å². The third-order valence-corrected chi connectivity index (χ3v) is 2.47. The van der Waals surface area contributed by atoms with Crippen molar-refractivity contribution in [1.29, 1.82) is 0 Å². The van der Waals surface area contributed by atoms with Gasteiger partial charge in [0.2, 0.25) is 0 Å². The van der Waals surface area contributed by atoms with Crippen LogP contribution in [-0.2, 0) is 13.0 Å². The molecule has 0 atom stereocenters. The first-order valence-electron chi connectivity index (χ1n) is 4.49. The lowest BCUT2D eigenvalue weighted by atomic mass is 10.2. The lowest BCUT2D eigenvalue weighted by Gasteiger charge is -2.01. The summed E-state index contributed by atoms with van der Waals surface area (Å²) in [5, 5.41) is 0. The normalized spacial score (nSPS) is 10.3. The maximum absolute atomic E-state index is 5.10. The molecule has 0 fully saturated rings. The predicted molar refractivity (Wildman–Crippen MR) is 57.6 cm³/mol. The van der Waals surface area contributed by atoms with Crippen molar-refractivity contribution in [3.63, 3.8) is 0 Å². The van der Waals surface area contributed by atoms with Crippen LogP contribution in [0.3, 0.4) is 0 Å². The van der Waals surface area contributed by atoms with E-state index in [1.54, 1.807) is 0 Å². The van der Waals surface area contributed by atoms with Crippen LogP contribution in [0.15, 0.2) is 36.9 Å². The van der Waals surface area contributed by atoms with E-state index >= 15 is 0 Å². The number of imidazole rings is 1. The molecule has 0 aromatic carbocycles. The molecule has 3 nitrogen and oxygen atoms in total. The number of hydrogen-bond donors (Lipinski definition) is 1.